The van der Waals surface area contributed by atoms with Crippen LogP contribution in [0.2, 0.25) is 0 Å². The molecule has 0 saturated carbocycles. The molecule has 0 aliphatic heterocycles. The average molecular weight is 453 g/mol. The van der Waals surface area contributed by atoms with Crippen molar-refractivity contribution >= 4 is 25.8 Å². The second kappa shape index (κ2) is 10.2. The summed E-state index contributed by atoms with van der Waals surface area (Å²) in [7, 11) is -7.34. The van der Waals surface area contributed by atoms with Crippen LogP contribution in [0.15, 0.2) is 65.6 Å². The summed E-state index contributed by atoms with van der Waals surface area (Å²) in [5.41, 5.74) is 6.33. The number of benzene rings is 2. The van der Waals surface area contributed by atoms with Gasteiger partial charge >= 0.3 is 0 Å². The van der Waals surface area contributed by atoms with Crippen LogP contribution in [0.4, 0.5) is 0 Å². The molecular weight excluding hydrogens is 424 g/mol. The fraction of sp³-hybridized carbons (Fsp3) is 0.381. The van der Waals surface area contributed by atoms with Gasteiger partial charge in [-0.3, -0.25) is 4.79 Å². The molecule has 2 aromatic rings. The zero-order valence-electron chi connectivity index (χ0n) is 17.1. The predicted molar refractivity (Wildman–Crippen MR) is 117 cm³/mol. The SMILES string of the molecule is CC(C(N)=O)C(C(CCNS(=O)(=O)c1ccccc1)Cc1ccccc1)S(C)(=O)=O. The lowest BCUT2D eigenvalue weighted by atomic mass is 9.87. The maximum atomic E-state index is 12.5. The lowest BCUT2D eigenvalue weighted by Crippen LogP contribution is -2.43. The number of sulfonamides is 1. The van der Waals surface area contributed by atoms with Gasteiger partial charge in [0.1, 0.15) is 0 Å². The quantitative estimate of drug-likeness (QED) is 0.538. The van der Waals surface area contributed by atoms with Crippen LogP contribution in [0.3, 0.4) is 0 Å². The lowest BCUT2D eigenvalue weighted by molar-refractivity contribution is -0.121. The van der Waals surface area contributed by atoms with Crippen LogP contribution < -0.4 is 10.5 Å². The van der Waals surface area contributed by atoms with Gasteiger partial charge in [-0.15, -0.1) is 0 Å². The molecule has 3 atom stereocenters. The van der Waals surface area contributed by atoms with Crippen molar-refractivity contribution in [2.24, 2.45) is 17.6 Å². The van der Waals surface area contributed by atoms with Crippen LogP contribution in [-0.2, 0) is 31.1 Å². The molecule has 0 aliphatic carbocycles. The number of carbonyl (C=O) groups is 1. The Bertz CT molecular complexity index is 1040. The van der Waals surface area contributed by atoms with Gasteiger partial charge in [0.05, 0.1) is 16.1 Å². The maximum Gasteiger partial charge on any atom is 0.240 e. The monoisotopic (exact) mass is 452 g/mol. The molecular formula is C21H28N2O5S2. The first-order chi connectivity index (χ1) is 14.0. The Hall–Kier alpha value is -2.23. The number of hydrogen-bond acceptors (Lipinski definition) is 5. The first kappa shape index (κ1) is 24.0. The molecule has 0 fully saturated rings. The van der Waals surface area contributed by atoms with E-state index in [1.54, 1.807) is 18.2 Å². The number of amides is 1. The number of sulfone groups is 1. The summed E-state index contributed by atoms with van der Waals surface area (Å²) in [5.74, 6) is -2.10. The molecule has 2 rings (SSSR count). The highest BCUT2D eigenvalue weighted by Crippen LogP contribution is 2.27. The Kier molecular flexibility index (Phi) is 8.17. The van der Waals surface area contributed by atoms with Gasteiger partial charge in [0.25, 0.3) is 0 Å². The van der Waals surface area contributed by atoms with Crippen LogP contribution in [0.5, 0.6) is 0 Å². The first-order valence-corrected chi connectivity index (χ1v) is 13.0. The van der Waals surface area contributed by atoms with Gasteiger partial charge in [-0.05, 0) is 36.5 Å². The third-order valence-corrected chi connectivity index (χ3v) is 8.36. The van der Waals surface area contributed by atoms with Gasteiger partial charge in [0.2, 0.25) is 15.9 Å². The van der Waals surface area contributed by atoms with Gasteiger partial charge in [-0.2, -0.15) is 0 Å². The van der Waals surface area contributed by atoms with Gasteiger partial charge in [-0.1, -0.05) is 55.5 Å². The van der Waals surface area contributed by atoms with E-state index in [1.807, 2.05) is 30.3 Å². The van der Waals surface area contributed by atoms with Crippen molar-refractivity contribution in [1.29, 1.82) is 0 Å². The Morgan fingerprint density at radius 1 is 0.967 bits per heavy atom. The van der Waals surface area contributed by atoms with E-state index < -0.39 is 42.9 Å². The van der Waals surface area contributed by atoms with Crippen molar-refractivity contribution in [3.05, 3.63) is 66.2 Å². The predicted octanol–water partition coefficient (Wildman–Crippen LogP) is 1.75. The van der Waals surface area contributed by atoms with E-state index in [1.165, 1.54) is 19.1 Å². The molecule has 1 amide bonds. The number of carbonyl (C=O) groups excluding carboxylic acids is 1. The van der Waals surface area contributed by atoms with Crippen molar-refractivity contribution < 1.29 is 21.6 Å². The van der Waals surface area contributed by atoms with Crippen molar-refractivity contribution in [3.8, 4) is 0 Å². The normalized spacial score (nSPS) is 15.3. The van der Waals surface area contributed by atoms with Gasteiger partial charge in [0, 0.05) is 12.8 Å². The lowest BCUT2D eigenvalue weighted by Gasteiger charge is -2.29. The highest BCUT2D eigenvalue weighted by Gasteiger charge is 2.37. The first-order valence-electron chi connectivity index (χ1n) is 9.59. The minimum Gasteiger partial charge on any atom is -0.369 e. The van der Waals surface area contributed by atoms with E-state index in [0.29, 0.717) is 6.42 Å². The summed E-state index contributed by atoms with van der Waals surface area (Å²) < 4.78 is 52.6. The van der Waals surface area contributed by atoms with Crippen molar-refractivity contribution in [1.82, 2.24) is 4.72 Å². The van der Waals surface area contributed by atoms with E-state index in [0.717, 1.165) is 11.8 Å². The van der Waals surface area contributed by atoms with Crippen molar-refractivity contribution in [2.45, 2.75) is 29.9 Å². The molecule has 7 nitrogen and oxygen atoms in total. The number of hydrogen-bond donors (Lipinski definition) is 2. The van der Waals surface area contributed by atoms with Crippen LogP contribution in [0, 0.1) is 11.8 Å². The van der Waals surface area contributed by atoms with Crippen LogP contribution in [0.1, 0.15) is 18.9 Å². The third kappa shape index (κ3) is 6.65. The van der Waals surface area contributed by atoms with Crippen LogP contribution >= 0.6 is 0 Å². The molecule has 0 aliphatic rings. The molecule has 0 spiro atoms. The summed E-state index contributed by atoms with van der Waals surface area (Å²) >= 11 is 0. The Labute approximate surface area is 178 Å². The summed E-state index contributed by atoms with van der Waals surface area (Å²) in [5, 5.41) is -1.02. The van der Waals surface area contributed by atoms with E-state index >= 15 is 0 Å². The zero-order valence-corrected chi connectivity index (χ0v) is 18.7. The minimum atomic E-state index is -3.72. The molecule has 0 radical (unpaired) electrons. The summed E-state index contributed by atoms with van der Waals surface area (Å²) in [6.07, 6.45) is 1.70. The Morgan fingerprint density at radius 3 is 2.00 bits per heavy atom. The molecule has 3 unspecified atom stereocenters. The topological polar surface area (TPSA) is 123 Å². The molecule has 0 saturated heterocycles. The molecule has 0 heterocycles. The number of rotatable bonds is 11. The Morgan fingerprint density at radius 2 is 1.50 bits per heavy atom. The fourth-order valence-corrected chi connectivity index (χ4v) is 6.53. The van der Waals surface area contributed by atoms with E-state index in [2.05, 4.69) is 4.72 Å². The van der Waals surface area contributed by atoms with Gasteiger partial charge in [0.15, 0.2) is 9.84 Å². The van der Waals surface area contributed by atoms with Gasteiger partial charge in [-0.25, -0.2) is 21.6 Å². The number of nitrogens with one attached hydrogen (secondary N) is 1. The summed E-state index contributed by atoms with van der Waals surface area (Å²) in [6, 6.07) is 17.2. The van der Waals surface area contributed by atoms with Crippen LogP contribution in [-0.4, -0.2) is 40.8 Å². The largest absolute Gasteiger partial charge is 0.369 e. The Balaban J connectivity index is 2.26. The molecule has 0 bridgehead atoms. The second-order valence-corrected chi connectivity index (χ2v) is 11.4. The molecule has 164 valence electrons. The number of nitrogens with two attached hydrogens (primary N) is 1. The smallest absolute Gasteiger partial charge is 0.240 e. The molecule has 2 aromatic carbocycles. The molecule has 30 heavy (non-hydrogen) atoms. The van der Waals surface area contributed by atoms with Crippen LogP contribution in [0.25, 0.3) is 0 Å². The number of primary amides is 1. The highest BCUT2D eigenvalue weighted by molar-refractivity contribution is 7.91. The van der Waals surface area contributed by atoms with E-state index in [-0.39, 0.29) is 17.9 Å². The fourth-order valence-electron chi connectivity index (χ4n) is 3.65. The zero-order chi connectivity index (χ0) is 22.4. The third-order valence-electron chi connectivity index (χ3n) is 5.10. The van der Waals surface area contributed by atoms with Crippen molar-refractivity contribution in [3.63, 3.8) is 0 Å². The van der Waals surface area contributed by atoms with Crippen molar-refractivity contribution in [2.75, 3.05) is 12.8 Å². The average Bonchev–Trinajstić information content (AvgIpc) is 2.68. The second-order valence-electron chi connectivity index (χ2n) is 7.43. The van der Waals surface area contributed by atoms with E-state index in [4.69, 9.17) is 5.73 Å². The van der Waals surface area contributed by atoms with E-state index in [9.17, 15) is 21.6 Å². The molecule has 9 heteroatoms. The maximum absolute atomic E-state index is 12.5. The summed E-state index contributed by atoms with van der Waals surface area (Å²) in [4.78, 5) is 11.9. The molecule has 0 aromatic heterocycles. The highest BCUT2D eigenvalue weighted by atomic mass is 32.2. The summed E-state index contributed by atoms with van der Waals surface area (Å²) in [6.45, 7) is 1.53. The minimum absolute atomic E-state index is 0.0340. The molecule has 3 N–H and O–H groups in total. The standard InChI is InChI=1S/C21H28N2O5S2/c1-16(21(22)24)20(29(2,25)26)18(15-17-9-5-3-6-10-17)13-14-23-30(27,28)19-11-7-4-8-12-19/h3-12,16,18,20,23H,13-15H2,1-2H3,(H2,22,24). The van der Waals surface area contributed by atoms with Gasteiger partial charge < -0.3 is 5.73 Å².